The van der Waals surface area contributed by atoms with Gasteiger partial charge in [0.25, 0.3) is 0 Å². The third-order valence-electron chi connectivity index (χ3n) is 2.48. The van der Waals surface area contributed by atoms with Crippen molar-refractivity contribution in [2.45, 2.75) is 19.9 Å². The van der Waals surface area contributed by atoms with Gasteiger partial charge in [0.1, 0.15) is 5.75 Å². The molecule has 0 spiro atoms. The first kappa shape index (κ1) is 12.3. The molecule has 0 fully saturated rings. The lowest BCUT2D eigenvalue weighted by Crippen LogP contribution is -2.23. The van der Waals surface area contributed by atoms with Crippen molar-refractivity contribution in [3.63, 3.8) is 0 Å². The summed E-state index contributed by atoms with van der Waals surface area (Å²) in [5.41, 5.74) is 7.11. The zero-order chi connectivity index (χ0) is 12.0. The second-order valence-corrected chi connectivity index (χ2v) is 3.67. The van der Waals surface area contributed by atoms with Gasteiger partial charge in [0, 0.05) is 30.8 Å². The summed E-state index contributed by atoms with van der Waals surface area (Å²) >= 11 is 0. The van der Waals surface area contributed by atoms with Gasteiger partial charge in [-0.2, -0.15) is 5.26 Å². The highest BCUT2D eigenvalue weighted by Gasteiger charge is 2.07. The number of phenolic OH excluding ortho intramolecular Hbond substituents is 1. The van der Waals surface area contributed by atoms with Crippen molar-refractivity contribution >= 4 is 5.69 Å². The van der Waals surface area contributed by atoms with Crippen LogP contribution in [0, 0.1) is 11.3 Å². The van der Waals surface area contributed by atoms with Crippen LogP contribution in [-0.4, -0.2) is 23.1 Å². The minimum atomic E-state index is 0.254. The molecule has 0 saturated carbocycles. The number of hydrogen-bond acceptors (Lipinski definition) is 4. The number of rotatable bonds is 5. The Bertz CT molecular complexity index is 384. The molecule has 1 aromatic carbocycles. The molecule has 86 valence electrons. The molecule has 0 aliphatic heterocycles. The number of nitrogen functional groups attached to an aromatic ring is 1. The summed E-state index contributed by atoms with van der Waals surface area (Å²) in [6, 6.07) is 7.15. The van der Waals surface area contributed by atoms with Crippen LogP contribution >= 0.6 is 0 Å². The van der Waals surface area contributed by atoms with Gasteiger partial charge in [0.2, 0.25) is 0 Å². The summed E-state index contributed by atoms with van der Waals surface area (Å²) in [6.45, 7) is 4.20. The van der Waals surface area contributed by atoms with Crippen LogP contribution in [0.3, 0.4) is 0 Å². The van der Waals surface area contributed by atoms with Crippen molar-refractivity contribution in [3.05, 3.63) is 23.8 Å². The van der Waals surface area contributed by atoms with Crippen LogP contribution in [0.4, 0.5) is 5.69 Å². The SMILES string of the molecule is CCN(CCC#N)Cc1cc(N)ccc1O. The average molecular weight is 219 g/mol. The zero-order valence-corrected chi connectivity index (χ0v) is 9.48. The smallest absolute Gasteiger partial charge is 0.120 e. The predicted octanol–water partition coefficient (Wildman–Crippen LogP) is 1.71. The van der Waals surface area contributed by atoms with Crippen molar-refractivity contribution < 1.29 is 5.11 Å². The maximum Gasteiger partial charge on any atom is 0.120 e. The van der Waals surface area contributed by atoms with Gasteiger partial charge in [-0.05, 0) is 24.7 Å². The van der Waals surface area contributed by atoms with Gasteiger partial charge in [-0.3, -0.25) is 4.90 Å². The molecule has 16 heavy (non-hydrogen) atoms. The molecule has 0 heterocycles. The maximum absolute atomic E-state index is 9.66. The summed E-state index contributed by atoms with van der Waals surface area (Å²) < 4.78 is 0. The highest BCUT2D eigenvalue weighted by atomic mass is 16.3. The van der Waals surface area contributed by atoms with Gasteiger partial charge in [-0.15, -0.1) is 0 Å². The van der Waals surface area contributed by atoms with Gasteiger partial charge < -0.3 is 10.8 Å². The summed E-state index contributed by atoms with van der Waals surface area (Å²) in [5, 5.41) is 18.2. The normalized spacial score (nSPS) is 10.3. The molecule has 0 radical (unpaired) electrons. The lowest BCUT2D eigenvalue weighted by Gasteiger charge is -2.19. The molecule has 1 rings (SSSR count). The first-order chi connectivity index (χ1) is 7.67. The highest BCUT2D eigenvalue weighted by Crippen LogP contribution is 2.21. The minimum Gasteiger partial charge on any atom is -0.508 e. The summed E-state index contributed by atoms with van der Waals surface area (Å²) in [5.74, 6) is 0.254. The van der Waals surface area contributed by atoms with Crippen molar-refractivity contribution in [1.29, 1.82) is 5.26 Å². The Morgan fingerprint density at radius 2 is 2.25 bits per heavy atom. The number of anilines is 1. The van der Waals surface area contributed by atoms with Crippen LogP contribution in [0.15, 0.2) is 18.2 Å². The van der Waals surface area contributed by atoms with Gasteiger partial charge in [0.05, 0.1) is 6.07 Å². The molecule has 0 amide bonds. The molecular weight excluding hydrogens is 202 g/mol. The van der Waals surface area contributed by atoms with Crippen molar-refractivity contribution in [2.24, 2.45) is 0 Å². The monoisotopic (exact) mass is 219 g/mol. The number of aromatic hydroxyl groups is 1. The summed E-state index contributed by atoms with van der Waals surface area (Å²) in [6.07, 6.45) is 0.497. The standard InChI is InChI=1S/C12H17N3O/c1-2-15(7-3-6-13)9-10-8-11(14)4-5-12(10)16/h4-5,8,16H,2-3,7,9,14H2,1H3. The van der Waals surface area contributed by atoms with Crippen molar-refractivity contribution in [2.75, 3.05) is 18.8 Å². The van der Waals surface area contributed by atoms with Gasteiger partial charge >= 0.3 is 0 Å². The number of nitrogens with two attached hydrogens (primary N) is 1. The fourth-order valence-electron chi connectivity index (χ4n) is 1.53. The Labute approximate surface area is 95.9 Å². The first-order valence-electron chi connectivity index (χ1n) is 5.34. The second-order valence-electron chi connectivity index (χ2n) is 3.67. The van der Waals surface area contributed by atoms with Crippen LogP contribution in [0.1, 0.15) is 18.9 Å². The molecular formula is C12H17N3O. The van der Waals surface area contributed by atoms with E-state index in [1.54, 1.807) is 18.2 Å². The third-order valence-corrected chi connectivity index (χ3v) is 2.48. The molecule has 1 aromatic rings. The molecule has 0 aromatic heterocycles. The van der Waals surface area contributed by atoms with E-state index in [1.165, 1.54) is 0 Å². The number of hydrogen-bond donors (Lipinski definition) is 2. The third kappa shape index (κ3) is 3.44. The van der Waals surface area contributed by atoms with Crippen LogP contribution in [0.2, 0.25) is 0 Å². The molecule has 4 heteroatoms. The molecule has 0 atom stereocenters. The quantitative estimate of drug-likeness (QED) is 0.584. The van der Waals surface area contributed by atoms with Gasteiger partial charge in [-0.1, -0.05) is 6.92 Å². The Morgan fingerprint density at radius 3 is 2.88 bits per heavy atom. The first-order valence-corrected chi connectivity index (χ1v) is 5.34. The average Bonchev–Trinajstić information content (AvgIpc) is 2.28. The molecule has 0 aliphatic rings. The van der Waals surface area contributed by atoms with Crippen molar-refractivity contribution in [1.82, 2.24) is 4.90 Å². The molecule has 0 bridgehead atoms. The van der Waals surface area contributed by atoms with E-state index >= 15 is 0 Å². The topological polar surface area (TPSA) is 73.3 Å². The Hall–Kier alpha value is -1.73. The van der Waals surface area contributed by atoms with E-state index < -0.39 is 0 Å². The molecule has 0 saturated heterocycles. The van der Waals surface area contributed by atoms with Crippen LogP contribution in [-0.2, 0) is 6.54 Å². The van der Waals surface area contributed by atoms with Gasteiger partial charge in [0.15, 0.2) is 0 Å². The highest BCUT2D eigenvalue weighted by molar-refractivity contribution is 5.47. The second kappa shape index (κ2) is 5.99. The van der Waals surface area contributed by atoms with E-state index in [-0.39, 0.29) is 5.75 Å². The lowest BCUT2D eigenvalue weighted by atomic mass is 10.1. The van der Waals surface area contributed by atoms with Crippen LogP contribution < -0.4 is 5.73 Å². The van der Waals surface area contributed by atoms with E-state index in [4.69, 9.17) is 11.0 Å². The number of benzene rings is 1. The van der Waals surface area contributed by atoms with E-state index in [1.807, 2.05) is 6.92 Å². The van der Waals surface area contributed by atoms with E-state index in [0.717, 1.165) is 12.1 Å². The zero-order valence-electron chi connectivity index (χ0n) is 9.48. The lowest BCUT2D eigenvalue weighted by molar-refractivity contribution is 0.282. The van der Waals surface area contributed by atoms with E-state index in [0.29, 0.717) is 25.2 Å². The molecule has 0 unspecified atom stereocenters. The number of nitriles is 1. The largest absolute Gasteiger partial charge is 0.508 e. The number of phenols is 1. The van der Waals surface area contributed by atoms with Gasteiger partial charge in [-0.25, -0.2) is 0 Å². The minimum absolute atomic E-state index is 0.254. The maximum atomic E-state index is 9.66. The van der Waals surface area contributed by atoms with Crippen LogP contribution in [0.25, 0.3) is 0 Å². The van der Waals surface area contributed by atoms with E-state index in [9.17, 15) is 5.11 Å². The fourth-order valence-corrected chi connectivity index (χ4v) is 1.53. The summed E-state index contributed by atoms with van der Waals surface area (Å²) in [7, 11) is 0. The fraction of sp³-hybridized carbons (Fsp3) is 0.417. The van der Waals surface area contributed by atoms with Crippen molar-refractivity contribution in [3.8, 4) is 11.8 Å². The molecule has 3 N–H and O–H groups in total. The Morgan fingerprint density at radius 1 is 1.50 bits per heavy atom. The van der Waals surface area contributed by atoms with Crippen LogP contribution in [0.5, 0.6) is 5.75 Å². The Balaban J connectivity index is 2.70. The number of nitrogens with zero attached hydrogens (tertiary/aromatic N) is 2. The van der Waals surface area contributed by atoms with E-state index in [2.05, 4.69) is 11.0 Å². The predicted molar refractivity (Wildman–Crippen MR) is 63.7 cm³/mol. The molecule has 4 nitrogen and oxygen atoms in total. The Kier molecular flexibility index (Phi) is 4.62. The summed E-state index contributed by atoms with van der Waals surface area (Å²) in [4.78, 5) is 2.09. The molecule has 0 aliphatic carbocycles.